The zero-order valence-electron chi connectivity index (χ0n) is 10.1. The fourth-order valence-electron chi connectivity index (χ4n) is 1.75. The molecule has 2 N–H and O–H groups in total. The van der Waals surface area contributed by atoms with Gasteiger partial charge in [-0.05, 0) is 27.6 Å². The molecule has 0 radical (unpaired) electrons. The van der Waals surface area contributed by atoms with Gasteiger partial charge in [0.25, 0.3) is 0 Å². The molecule has 0 saturated heterocycles. The molecule has 2 rings (SSSR count). The van der Waals surface area contributed by atoms with Crippen molar-refractivity contribution in [2.24, 2.45) is 5.73 Å². The summed E-state index contributed by atoms with van der Waals surface area (Å²) >= 11 is 3.48. The molecular weight excluding hydrogens is 296 g/mol. The maximum atomic E-state index is 6.26. The smallest absolute Gasteiger partial charge is 0.0749 e. The highest BCUT2D eigenvalue weighted by Crippen LogP contribution is 2.26. The average molecular weight is 311 g/mol. The molecule has 2 aromatic heterocycles. The molecule has 0 fully saturated rings. The Kier molecular flexibility index (Phi) is 4.46. The number of hydrogen-bond donors (Lipinski definition) is 1. The third-order valence-electron chi connectivity index (χ3n) is 2.68. The minimum atomic E-state index is -0.257. The van der Waals surface area contributed by atoms with Crippen LogP contribution in [0.15, 0.2) is 35.2 Å². The van der Waals surface area contributed by atoms with E-state index in [9.17, 15) is 0 Å². The summed E-state index contributed by atoms with van der Waals surface area (Å²) in [6, 6.07) is 3.57. The van der Waals surface area contributed by atoms with Crippen LogP contribution in [-0.2, 0) is 11.3 Å². The van der Waals surface area contributed by atoms with Crippen molar-refractivity contribution in [2.45, 2.75) is 12.6 Å². The normalized spacial score (nSPS) is 12.6. The van der Waals surface area contributed by atoms with Gasteiger partial charge in [-0.25, -0.2) is 0 Å². The molecule has 1 unspecified atom stereocenters. The number of nitrogens with zero attached hydrogens (tertiary/aromatic N) is 3. The predicted molar refractivity (Wildman–Crippen MR) is 72.1 cm³/mol. The summed E-state index contributed by atoms with van der Waals surface area (Å²) in [5.74, 6) is 0. The SMILES string of the molecule is COCCn1ncc(Br)c1C(N)c1cccnc1. The second kappa shape index (κ2) is 6.08. The fourth-order valence-corrected chi connectivity index (χ4v) is 2.30. The minimum Gasteiger partial charge on any atom is -0.383 e. The van der Waals surface area contributed by atoms with E-state index in [0.717, 1.165) is 15.7 Å². The molecule has 96 valence electrons. The Morgan fingerprint density at radius 3 is 3.00 bits per heavy atom. The molecule has 0 spiro atoms. The molecule has 0 saturated carbocycles. The Morgan fingerprint density at radius 2 is 2.33 bits per heavy atom. The molecule has 0 aliphatic carbocycles. The molecule has 0 aliphatic heterocycles. The topological polar surface area (TPSA) is 66.0 Å². The van der Waals surface area contributed by atoms with E-state index < -0.39 is 0 Å². The van der Waals surface area contributed by atoms with Gasteiger partial charge in [0, 0.05) is 19.5 Å². The van der Waals surface area contributed by atoms with Gasteiger partial charge in [-0.1, -0.05) is 6.07 Å². The first-order chi connectivity index (χ1) is 8.74. The molecule has 2 aromatic rings. The third kappa shape index (κ3) is 2.77. The van der Waals surface area contributed by atoms with E-state index in [1.165, 1.54) is 0 Å². The molecule has 2 heterocycles. The van der Waals surface area contributed by atoms with E-state index in [0.29, 0.717) is 13.2 Å². The highest BCUT2D eigenvalue weighted by atomic mass is 79.9. The first-order valence-corrected chi connectivity index (χ1v) is 6.39. The van der Waals surface area contributed by atoms with Gasteiger partial charge in [-0.2, -0.15) is 5.10 Å². The van der Waals surface area contributed by atoms with Crippen LogP contribution in [0.25, 0.3) is 0 Å². The number of halogens is 1. The largest absolute Gasteiger partial charge is 0.383 e. The van der Waals surface area contributed by atoms with Gasteiger partial charge < -0.3 is 10.5 Å². The Hall–Kier alpha value is -1.24. The van der Waals surface area contributed by atoms with E-state index in [-0.39, 0.29) is 6.04 Å². The summed E-state index contributed by atoms with van der Waals surface area (Å²) in [6.07, 6.45) is 5.25. The predicted octanol–water partition coefficient (Wildman–Crippen LogP) is 1.74. The van der Waals surface area contributed by atoms with Crippen LogP contribution in [0.2, 0.25) is 0 Å². The van der Waals surface area contributed by atoms with Crippen molar-refractivity contribution < 1.29 is 4.74 Å². The van der Waals surface area contributed by atoms with Gasteiger partial charge in [-0.3, -0.25) is 9.67 Å². The summed E-state index contributed by atoms with van der Waals surface area (Å²) in [4.78, 5) is 4.09. The number of hydrogen-bond acceptors (Lipinski definition) is 4. The summed E-state index contributed by atoms with van der Waals surface area (Å²) in [5, 5.41) is 4.29. The fraction of sp³-hybridized carbons (Fsp3) is 0.333. The summed E-state index contributed by atoms with van der Waals surface area (Å²) < 4.78 is 7.82. The van der Waals surface area contributed by atoms with Crippen LogP contribution in [0.5, 0.6) is 0 Å². The summed E-state index contributed by atoms with van der Waals surface area (Å²) in [5.41, 5.74) is 8.15. The quantitative estimate of drug-likeness (QED) is 0.913. The molecule has 0 aromatic carbocycles. The number of pyridine rings is 1. The molecule has 1 atom stereocenters. The van der Waals surface area contributed by atoms with Crippen molar-refractivity contribution >= 4 is 15.9 Å². The van der Waals surface area contributed by atoms with Gasteiger partial charge in [0.2, 0.25) is 0 Å². The van der Waals surface area contributed by atoms with Crippen LogP contribution in [-0.4, -0.2) is 28.5 Å². The maximum Gasteiger partial charge on any atom is 0.0749 e. The van der Waals surface area contributed by atoms with Crippen molar-refractivity contribution in [1.29, 1.82) is 0 Å². The van der Waals surface area contributed by atoms with Crippen LogP contribution in [0.3, 0.4) is 0 Å². The van der Waals surface area contributed by atoms with Crippen LogP contribution >= 0.6 is 15.9 Å². The average Bonchev–Trinajstić information content (AvgIpc) is 2.77. The van der Waals surface area contributed by atoms with Crippen LogP contribution < -0.4 is 5.73 Å². The maximum absolute atomic E-state index is 6.26. The molecule has 18 heavy (non-hydrogen) atoms. The first-order valence-electron chi connectivity index (χ1n) is 5.59. The van der Waals surface area contributed by atoms with Crippen molar-refractivity contribution in [3.63, 3.8) is 0 Å². The standard InChI is InChI=1S/C12H15BrN4O/c1-18-6-5-17-12(10(13)8-16-17)11(14)9-3-2-4-15-7-9/h2-4,7-8,11H,5-6,14H2,1H3. The van der Waals surface area contributed by atoms with Crippen LogP contribution in [0, 0.1) is 0 Å². The Labute approximate surface area is 114 Å². The summed E-state index contributed by atoms with van der Waals surface area (Å²) in [6.45, 7) is 1.27. The second-order valence-electron chi connectivity index (χ2n) is 3.86. The van der Waals surface area contributed by atoms with Gasteiger partial charge in [0.05, 0.1) is 35.6 Å². The van der Waals surface area contributed by atoms with Gasteiger partial charge in [0.15, 0.2) is 0 Å². The van der Waals surface area contributed by atoms with Gasteiger partial charge >= 0.3 is 0 Å². The molecule has 5 nitrogen and oxygen atoms in total. The lowest BCUT2D eigenvalue weighted by Crippen LogP contribution is -2.19. The lowest BCUT2D eigenvalue weighted by molar-refractivity contribution is 0.182. The molecule has 6 heteroatoms. The van der Waals surface area contributed by atoms with E-state index in [1.54, 1.807) is 25.7 Å². The third-order valence-corrected chi connectivity index (χ3v) is 3.29. The first kappa shape index (κ1) is 13.2. The molecule has 0 amide bonds. The Balaban J connectivity index is 2.29. The van der Waals surface area contributed by atoms with Crippen LogP contribution in [0.4, 0.5) is 0 Å². The zero-order chi connectivity index (χ0) is 13.0. The molecule has 0 bridgehead atoms. The van der Waals surface area contributed by atoms with Crippen molar-refractivity contribution in [1.82, 2.24) is 14.8 Å². The van der Waals surface area contributed by atoms with Crippen molar-refractivity contribution in [2.75, 3.05) is 13.7 Å². The lowest BCUT2D eigenvalue weighted by Gasteiger charge is -2.15. The monoisotopic (exact) mass is 310 g/mol. The Bertz CT molecular complexity index is 500. The number of nitrogens with two attached hydrogens (primary N) is 1. The van der Waals surface area contributed by atoms with Gasteiger partial charge in [0.1, 0.15) is 0 Å². The van der Waals surface area contributed by atoms with E-state index in [1.807, 2.05) is 16.8 Å². The summed E-state index contributed by atoms with van der Waals surface area (Å²) in [7, 11) is 1.67. The molecule has 0 aliphatic rings. The van der Waals surface area contributed by atoms with Crippen molar-refractivity contribution in [3.8, 4) is 0 Å². The number of rotatable bonds is 5. The zero-order valence-corrected chi connectivity index (χ0v) is 11.7. The number of methoxy groups -OCH3 is 1. The van der Waals surface area contributed by atoms with E-state index >= 15 is 0 Å². The van der Waals surface area contributed by atoms with Crippen molar-refractivity contribution in [3.05, 3.63) is 46.5 Å². The lowest BCUT2D eigenvalue weighted by atomic mass is 10.1. The number of aromatic nitrogens is 3. The number of ether oxygens (including phenoxy) is 1. The van der Waals surface area contributed by atoms with E-state index in [4.69, 9.17) is 10.5 Å². The van der Waals surface area contributed by atoms with E-state index in [2.05, 4.69) is 26.0 Å². The minimum absolute atomic E-state index is 0.257. The highest BCUT2D eigenvalue weighted by molar-refractivity contribution is 9.10. The second-order valence-corrected chi connectivity index (χ2v) is 4.71. The van der Waals surface area contributed by atoms with Crippen LogP contribution in [0.1, 0.15) is 17.3 Å². The molecular formula is C12H15BrN4O. The van der Waals surface area contributed by atoms with Gasteiger partial charge in [-0.15, -0.1) is 0 Å². The Morgan fingerprint density at radius 1 is 1.50 bits per heavy atom. The highest BCUT2D eigenvalue weighted by Gasteiger charge is 2.18.